The zero-order chi connectivity index (χ0) is 13.5. The number of hydrogen-bond acceptors (Lipinski definition) is 3. The number of nitrogens with two attached hydrogens (primary N) is 1. The van der Waals surface area contributed by atoms with E-state index in [1.165, 1.54) is 0 Å². The van der Waals surface area contributed by atoms with Crippen LogP contribution in [-0.4, -0.2) is 24.1 Å². The molecule has 100 valence electrons. The molecule has 0 saturated heterocycles. The fourth-order valence-corrected chi connectivity index (χ4v) is 1.85. The van der Waals surface area contributed by atoms with E-state index in [4.69, 9.17) is 5.73 Å². The first kappa shape index (κ1) is 14.5. The highest BCUT2D eigenvalue weighted by Crippen LogP contribution is 2.18. The molecule has 1 aromatic rings. The van der Waals surface area contributed by atoms with Crippen molar-refractivity contribution in [3.63, 3.8) is 0 Å². The molecule has 0 aromatic heterocycles. The summed E-state index contributed by atoms with van der Waals surface area (Å²) in [7, 11) is 0. The van der Waals surface area contributed by atoms with Crippen molar-refractivity contribution in [1.29, 1.82) is 0 Å². The van der Waals surface area contributed by atoms with Crippen LogP contribution < -0.4 is 11.1 Å². The number of phenolic OH excluding ortho intramolecular Hbond substituents is 1. The third-order valence-electron chi connectivity index (χ3n) is 3.10. The molecule has 4 nitrogen and oxygen atoms in total. The van der Waals surface area contributed by atoms with E-state index in [0.717, 1.165) is 18.4 Å². The van der Waals surface area contributed by atoms with Crippen LogP contribution >= 0.6 is 0 Å². The Morgan fingerprint density at radius 2 is 2.22 bits per heavy atom. The molecule has 1 rings (SSSR count). The van der Waals surface area contributed by atoms with Crippen molar-refractivity contribution in [3.05, 3.63) is 29.3 Å². The van der Waals surface area contributed by atoms with Crippen LogP contribution in [0.3, 0.4) is 0 Å². The van der Waals surface area contributed by atoms with Gasteiger partial charge in [0.25, 0.3) is 5.91 Å². The predicted octanol–water partition coefficient (Wildman–Crippen LogP) is 1.81. The summed E-state index contributed by atoms with van der Waals surface area (Å²) in [5.41, 5.74) is 6.80. The van der Waals surface area contributed by atoms with E-state index in [2.05, 4.69) is 12.2 Å². The summed E-state index contributed by atoms with van der Waals surface area (Å²) in [6, 6.07) is 5.01. The Morgan fingerprint density at radius 1 is 1.50 bits per heavy atom. The summed E-state index contributed by atoms with van der Waals surface area (Å²) in [6.45, 7) is 5.19. The molecule has 0 radical (unpaired) electrons. The summed E-state index contributed by atoms with van der Waals surface area (Å²) in [5.74, 6) is 0.183. The van der Waals surface area contributed by atoms with Gasteiger partial charge in [-0.2, -0.15) is 0 Å². The minimum Gasteiger partial charge on any atom is -0.507 e. The average Bonchev–Trinajstić information content (AvgIpc) is 2.37. The maximum atomic E-state index is 11.9. The van der Waals surface area contributed by atoms with Crippen LogP contribution in [0.4, 0.5) is 0 Å². The van der Waals surface area contributed by atoms with Crippen molar-refractivity contribution in [2.75, 3.05) is 13.1 Å². The number of carbonyl (C=O) groups excluding carboxylic acids is 1. The Morgan fingerprint density at radius 3 is 2.83 bits per heavy atom. The van der Waals surface area contributed by atoms with Crippen molar-refractivity contribution in [3.8, 4) is 5.75 Å². The second-order valence-electron chi connectivity index (χ2n) is 4.58. The highest BCUT2D eigenvalue weighted by molar-refractivity contribution is 5.96. The zero-order valence-corrected chi connectivity index (χ0v) is 11.1. The lowest BCUT2D eigenvalue weighted by atomic mass is 10.0. The number of aromatic hydroxyl groups is 1. The number of aryl methyl sites for hydroxylation is 1. The SMILES string of the molecule is CCC(CCN)CNC(=O)c1cc(C)ccc1O. The van der Waals surface area contributed by atoms with Crippen LogP contribution in [0.25, 0.3) is 0 Å². The number of nitrogens with one attached hydrogen (secondary N) is 1. The molecule has 0 aliphatic rings. The number of rotatable bonds is 6. The minimum atomic E-state index is -0.230. The summed E-state index contributed by atoms with van der Waals surface area (Å²) < 4.78 is 0. The normalized spacial score (nSPS) is 12.2. The molecule has 1 amide bonds. The van der Waals surface area contributed by atoms with Gasteiger partial charge in [-0.15, -0.1) is 0 Å². The fraction of sp³-hybridized carbons (Fsp3) is 0.500. The minimum absolute atomic E-state index is 0.0185. The molecule has 1 unspecified atom stereocenters. The van der Waals surface area contributed by atoms with Crippen molar-refractivity contribution < 1.29 is 9.90 Å². The Kier molecular flexibility index (Phi) is 5.65. The number of benzene rings is 1. The Labute approximate surface area is 108 Å². The molecule has 4 heteroatoms. The van der Waals surface area contributed by atoms with Gasteiger partial charge in [-0.25, -0.2) is 0 Å². The number of amides is 1. The molecule has 0 aliphatic heterocycles. The van der Waals surface area contributed by atoms with E-state index in [9.17, 15) is 9.90 Å². The van der Waals surface area contributed by atoms with Crippen LogP contribution in [0.2, 0.25) is 0 Å². The van der Waals surface area contributed by atoms with Gasteiger partial charge in [0.05, 0.1) is 5.56 Å². The molecule has 0 bridgehead atoms. The highest BCUT2D eigenvalue weighted by atomic mass is 16.3. The molecule has 1 atom stereocenters. The van der Waals surface area contributed by atoms with Crippen LogP contribution in [-0.2, 0) is 0 Å². The quantitative estimate of drug-likeness (QED) is 0.720. The van der Waals surface area contributed by atoms with E-state index in [-0.39, 0.29) is 11.7 Å². The van der Waals surface area contributed by atoms with E-state index in [1.54, 1.807) is 18.2 Å². The molecular formula is C14H22N2O2. The molecule has 0 fully saturated rings. The Balaban J connectivity index is 2.62. The van der Waals surface area contributed by atoms with Gasteiger partial charge in [-0.1, -0.05) is 25.0 Å². The number of carbonyl (C=O) groups is 1. The molecule has 0 spiro atoms. The molecule has 0 aliphatic carbocycles. The second kappa shape index (κ2) is 7.01. The van der Waals surface area contributed by atoms with Crippen LogP contribution in [0, 0.1) is 12.8 Å². The monoisotopic (exact) mass is 250 g/mol. The lowest BCUT2D eigenvalue weighted by Gasteiger charge is -2.15. The van der Waals surface area contributed by atoms with E-state index in [0.29, 0.717) is 24.6 Å². The molecule has 0 heterocycles. The lowest BCUT2D eigenvalue weighted by Crippen LogP contribution is -2.30. The van der Waals surface area contributed by atoms with Gasteiger partial charge < -0.3 is 16.2 Å². The molecular weight excluding hydrogens is 228 g/mol. The zero-order valence-electron chi connectivity index (χ0n) is 11.1. The highest BCUT2D eigenvalue weighted by Gasteiger charge is 2.13. The van der Waals surface area contributed by atoms with E-state index >= 15 is 0 Å². The number of hydrogen-bond donors (Lipinski definition) is 3. The molecule has 1 aromatic carbocycles. The average molecular weight is 250 g/mol. The van der Waals surface area contributed by atoms with Crippen molar-refractivity contribution in [1.82, 2.24) is 5.32 Å². The predicted molar refractivity (Wildman–Crippen MR) is 72.6 cm³/mol. The number of phenols is 1. The van der Waals surface area contributed by atoms with E-state index in [1.807, 2.05) is 6.92 Å². The Hall–Kier alpha value is -1.55. The van der Waals surface area contributed by atoms with Gasteiger partial charge in [-0.05, 0) is 37.9 Å². The van der Waals surface area contributed by atoms with Crippen LogP contribution in [0.5, 0.6) is 5.75 Å². The largest absolute Gasteiger partial charge is 0.507 e. The topological polar surface area (TPSA) is 75.3 Å². The van der Waals surface area contributed by atoms with Gasteiger partial charge in [0.15, 0.2) is 0 Å². The van der Waals surface area contributed by atoms with Gasteiger partial charge in [0.2, 0.25) is 0 Å². The maximum absolute atomic E-state index is 11.9. The second-order valence-corrected chi connectivity index (χ2v) is 4.58. The first-order chi connectivity index (χ1) is 8.58. The third kappa shape index (κ3) is 4.04. The van der Waals surface area contributed by atoms with Crippen LogP contribution in [0.1, 0.15) is 35.7 Å². The standard InChI is InChI=1S/C14H22N2O2/c1-3-11(6-7-15)9-16-14(18)12-8-10(2)4-5-13(12)17/h4-5,8,11,17H,3,6-7,9,15H2,1-2H3,(H,16,18). The van der Waals surface area contributed by atoms with Gasteiger partial charge in [0.1, 0.15) is 5.75 Å². The first-order valence-electron chi connectivity index (χ1n) is 6.36. The molecule has 18 heavy (non-hydrogen) atoms. The summed E-state index contributed by atoms with van der Waals surface area (Å²) in [4.78, 5) is 11.9. The van der Waals surface area contributed by atoms with Crippen molar-refractivity contribution >= 4 is 5.91 Å². The van der Waals surface area contributed by atoms with Crippen molar-refractivity contribution in [2.45, 2.75) is 26.7 Å². The Bertz CT molecular complexity index is 405. The fourth-order valence-electron chi connectivity index (χ4n) is 1.85. The molecule has 0 saturated carbocycles. The van der Waals surface area contributed by atoms with Gasteiger partial charge >= 0.3 is 0 Å². The summed E-state index contributed by atoms with van der Waals surface area (Å²) in [5, 5.41) is 12.5. The van der Waals surface area contributed by atoms with E-state index < -0.39 is 0 Å². The smallest absolute Gasteiger partial charge is 0.255 e. The summed E-state index contributed by atoms with van der Waals surface area (Å²) in [6.07, 6.45) is 1.88. The summed E-state index contributed by atoms with van der Waals surface area (Å²) >= 11 is 0. The lowest BCUT2D eigenvalue weighted by molar-refractivity contribution is 0.0943. The first-order valence-corrected chi connectivity index (χ1v) is 6.36. The van der Waals surface area contributed by atoms with Crippen LogP contribution in [0.15, 0.2) is 18.2 Å². The third-order valence-corrected chi connectivity index (χ3v) is 3.10. The maximum Gasteiger partial charge on any atom is 0.255 e. The van der Waals surface area contributed by atoms with Crippen molar-refractivity contribution in [2.24, 2.45) is 11.7 Å². The molecule has 4 N–H and O–H groups in total. The van der Waals surface area contributed by atoms with Gasteiger partial charge in [0, 0.05) is 6.54 Å². The van der Waals surface area contributed by atoms with Gasteiger partial charge in [-0.3, -0.25) is 4.79 Å².